The van der Waals surface area contributed by atoms with Crippen LogP contribution in [-0.4, -0.2) is 18.1 Å². The van der Waals surface area contributed by atoms with E-state index in [1.54, 1.807) is 12.3 Å². The number of nitrogens with one attached hydrogen (secondary N) is 2. The minimum atomic E-state index is -0.000556. The standard InChI is InChI=1S/C9H12N2O/c12-9-5-7(2-4-11-9)8-1-3-10-6-8/h2,4-5,8,10H,1,3,6H2,(H,11,12)/t8-/m1/s1. The van der Waals surface area contributed by atoms with E-state index in [1.807, 2.05) is 6.07 Å². The maximum absolute atomic E-state index is 11.0. The van der Waals surface area contributed by atoms with Gasteiger partial charge in [-0.15, -0.1) is 0 Å². The summed E-state index contributed by atoms with van der Waals surface area (Å²) in [5.74, 6) is 0.535. The number of aromatic amines is 1. The van der Waals surface area contributed by atoms with Crippen molar-refractivity contribution < 1.29 is 0 Å². The van der Waals surface area contributed by atoms with Crippen molar-refractivity contribution in [1.82, 2.24) is 10.3 Å². The molecule has 2 heterocycles. The maximum Gasteiger partial charge on any atom is 0.248 e. The van der Waals surface area contributed by atoms with Crippen LogP contribution in [0.2, 0.25) is 0 Å². The fourth-order valence-corrected chi connectivity index (χ4v) is 1.65. The SMILES string of the molecule is O=c1cc([C@@H]2CCNC2)cc[nH]1. The predicted molar refractivity (Wildman–Crippen MR) is 47.3 cm³/mol. The molecule has 12 heavy (non-hydrogen) atoms. The van der Waals surface area contributed by atoms with Gasteiger partial charge in [-0.2, -0.15) is 0 Å². The van der Waals surface area contributed by atoms with Crippen LogP contribution >= 0.6 is 0 Å². The zero-order valence-corrected chi connectivity index (χ0v) is 6.84. The Kier molecular flexibility index (Phi) is 1.96. The Morgan fingerprint density at radius 3 is 3.08 bits per heavy atom. The van der Waals surface area contributed by atoms with Crippen molar-refractivity contribution in [3.05, 3.63) is 34.2 Å². The number of H-pyrrole nitrogens is 1. The molecule has 0 spiro atoms. The highest BCUT2D eigenvalue weighted by atomic mass is 16.1. The van der Waals surface area contributed by atoms with Crippen molar-refractivity contribution in [3.8, 4) is 0 Å². The van der Waals surface area contributed by atoms with E-state index >= 15 is 0 Å². The second kappa shape index (κ2) is 3.11. The average Bonchev–Trinajstić information content (AvgIpc) is 2.56. The molecule has 3 nitrogen and oxygen atoms in total. The highest BCUT2D eigenvalue weighted by Gasteiger charge is 2.16. The van der Waals surface area contributed by atoms with Crippen LogP contribution in [0, 0.1) is 0 Å². The van der Waals surface area contributed by atoms with E-state index in [9.17, 15) is 4.79 Å². The Bertz CT molecular complexity index is 312. The van der Waals surface area contributed by atoms with Crippen LogP contribution in [0.4, 0.5) is 0 Å². The molecule has 1 aliphatic heterocycles. The van der Waals surface area contributed by atoms with E-state index in [0.717, 1.165) is 25.1 Å². The molecule has 0 amide bonds. The van der Waals surface area contributed by atoms with Gasteiger partial charge in [-0.25, -0.2) is 0 Å². The zero-order valence-electron chi connectivity index (χ0n) is 6.84. The predicted octanol–water partition coefficient (Wildman–Crippen LogP) is 0.452. The van der Waals surface area contributed by atoms with Crippen LogP contribution in [0.3, 0.4) is 0 Å². The fourth-order valence-electron chi connectivity index (χ4n) is 1.65. The normalized spacial score (nSPS) is 22.8. The molecule has 1 atom stereocenters. The molecule has 1 aliphatic rings. The van der Waals surface area contributed by atoms with Crippen LogP contribution < -0.4 is 10.9 Å². The molecule has 0 saturated carbocycles. The number of pyridine rings is 1. The Morgan fingerprint density at radius 2 is 2.42 bits per heavy atom. The number of rotatable bonds is 1. The maximum atomic E-state index is 11.0. The van der Waals surface area contributed by atoms with Crippen molar-refractivity contribution in [1.29, 1.82) is 0 Å². The van der Waals surface area contributed by atoms with E-state index < -0.39 is 0 Å². The van der Waals surface area contributed by atoms with Crippen molar-refractivity contribution in [2.24, 2.45) is 0 Å². The minimum Gasteiger partial charge on any atom is -0.329 e. The molecule has 1 aromatic heterocycles. The van der Waals surface area contributed by atoms with Gasteiger partial charge in [-0.3, -0.25) is 4.79 Å². The molecule has 2 N–H and O–H groups in total. The molecule has 0 aromatic carbocycles. The summed E-state index contributed by atoms with van der Waals surface area (Å²) < 4.78 is 0. The summed E-state index contributed by atoms with van der Waals surface area (Å²) in [6.07, 6.45) is 2.86. The summed E-state index contributed by atoms with van der Waals surface area (Å²) in [6, 6.07) is 3.68. The van der Waals surface area contributed by atoms with E-state index in [1.165, 1.54) is 0 Å². The van der Waals surface area contributed by atoms with Crippen LogP contribution in [0.5, 0.6) is 0 Å². The van der Waals surface area contributed by atoms with Crippen LogP contribution in [0.15, 0.2) is 23.1 Å². The second-order valence-corrected chi connectivity index (χ2v) is 3.18. The summed E-state index contributed by atoms with van der Waals surface area (Å²) in [5, 5.41) is 3.28. The lowest BCUT2D eigenvalue weighted by molar-refractivity contribution is 0.760. The minimum absolute atomic E-state index is 0.000556. The lowest BCUT2D eigenvalue weighted by Gasteiger charge is -2.06. The van der Waals surface area contributed by atoms with Crippen molar-refractivity contribution in [2.75, 3.05) is 13.1 Å². The molecular formula is C9H12N2O. The van der Waals surface area contributed by atoms with Gasteiger partial charge in [0.25, 0.3) is 0 Å². The summed E-state index contributed by atoms with van der Waals surface area (Å²) in [7, 11) is 0. The summed E-state index contributed by atoms with van der Waals surface area (Å²) >= 11 is 0. The smallest absolute Gasteiger partial charge is 0.248 e. The zero-order chi connectivity index (χ0) is 8.39. The third kappa shape index (κ3) is 1.41. The first-order valence-corrected chi connectivity index (χ1v) is 4.25. The van der Waals surface area contributed by atoms with Gasteiger partial charge in [0.05, 0.1) is 0 Å². The van der Waals surface area contributed by atoms with Gasteiger partial charge in [0.1, 0.15) is 0 Å². The highest BCUT2D eigenvalue weighted by Crippen LogP contribution is 2.19. The van der Waals surface area contributed by atoms with Gasteiger partial charge in [-0.1, -0.05) is 0 Å². The van der Waals surface area contributed by atoms with Crippen molar-refractivity contribution in [3.63, 3.8) is 0 Å². The third-order valence-electron chi connectivity index (χ3n) is 2.33. The molecule has 0 aliphatic carbocycles. The molecule has 1 fully saturated rings. The summed E-state index contributed by atoms with van der Waals surface area (Å²) in [6.45, 7) is 2.07. The third-order valence-corrected chi connectivity index (χ3v) is 2.33. The van der Waals surface area contributed by atoms with Crippen LogP contribution in [0.25, 0.3) is 0 Å². The summed E-state index contributed by atoms with van der Waals surface area (Å²) in [4.78, 5) is 13.6. The number of aromatic nitrogens is 1. The fraction of sp³-hybridized carbons (Fsp3) is 0.444. The van der Waals surface area contributed by atoms with E-state index in [0.29, 0.717) is 5.92 Å². The molecule has 2 rings (SSSR count). The van der Waals surface area contributed by atoms with Crippen molar-refractivity contribution in [2.45, 2.75) is 12.3 Å². The van der Waals surface area contributed by atoms with Crippen LogP contribution in [0.1, 0.15) is 17.9 Å². The van der Waals surface area contributed by atoms with Gasteiger partial charge >= 0.3 is 0 Å². The molecule has 0 bridgehead atoms. The molecule has 0 unspecified atom stereocenters. The van der Waals surface area contributed by atoms with E-state index in [2.05, 4.69) is 10.3 Å². The average molecular weight is 164 g/mol. The Balaban J connectivity index is 2.27. The van der Waals surface area contributed by atoms with E-state index in [-0.39, 0.29) is 5.56 Å². The lowest BCUT2D eigenvalue weighted by atomic mass is 10.00. The Labute approximate surface area is 70.8 Å². The molecule has 64 valence electrons. The Morgan fingerprint density at radius 1 is 1.50 bits per heavy atom. The van der Waals surface area contributed by atoms with Crippen molar-refractivity contribution >= 4 is 0 Å². The molecule has 0 radical (unpaired) electrons. The number of hydrogen-bond donors (Lipinski definition) is 2. The number of hydrogen-bond acceptors (Lipinski definition) is 2. The Hall–Kier alpha value is -1.09. The van der Waals surface area contributed by atoms with Gasteiger partial charge < -0.3 is 10.3 Å². The van der Waals surface area contributed by atoms with Gasteiger partial charge in [0.15, 0.2) is 0 Å². The molecule has 1 aromatic rings. The first-order valence-electron chi connectivity index (χ1n) is 4.25. The molecule has 1 saturated heterocycles. The van der Waals surface area contributed by atoms with Gasteiger partial charge in [-0.05, 0) is 30.5 Å². The lowest BCUT2D eigenvalue weighted by Crippen LogP contribution is -2.10. The summed E-state index contributed by atoms with van der Waals surface area (Å²) in [5.41, 5.74) is 1.16. The second-order valence-electron chi connectivity index (χ2n) is 3.18. The van der Waals surface area contributed by atoms with E-state index in [4.69, 9.17) is 0 Å². The molecular weight excluding hydrogens is 152 g/mol. The topological polar surface area (TPSA) is 44.9 Å². The quantitative estimate of drug-likeness (QED) is 0.633. The largest absolute Gasteiger partial charge is 0.329 e. The first-order chi connectivity index (χ1) is 5.86. The monoisotopic (exact) mass is 164 g/mol. The molecule has 3 heteroatoms. The highest BCUT2D eigenvalue weighted by molar-refractivity contribution is 5.17. The van der Waals surface area contributed by atoms with Gasteiger partial charge in [0, 0.05) is 18.8 Å². The van der Waals surface area contributed by atoms with Gasteiger partial charge in [0.2, 0.25) is 5.56 Å². The van der Waals surface area contributed by atoms with Crippen LogP contribution in [-0.2, 0) is 0 Å². The first kappa shape index (κ1) is 7.55.